The second-order valence-electron chi connectivity index (χ2n) is 6.48. The Labute approximate surface area is 145 Å². The van der Waals surface area contributed by atoms with E-state index in [0.717, 1.165) is 31.5 Å². The van der Waals surface area contributed by atoms with Gasteiger partial charge in [-0.2, -0.15) is 0 Å². The van der Waals surface area contributed by atoms with Crippen molar-refractivity contribution < 1.29 is 9.59 Å². The number of amides is 2. The molecule has 0 bridgehead atoms. The van der Waals surface area contributed by atoms with Gasteiger partial charge in [-0.15, -0.1) is 0 Å². The van der Waals surface area contributed by atoms with Gasteiger partial charge in [-0.1, -0.05) is 43.7 Å². The van der Waals surface area contributed by atoms with Gasteiger partial charge in [0.05, 0.1) is 12.1 Å². The van der Waals surface area contributed by atoms with Crippen molar-refractivity contribution in [2.75, 3.05) is 26.2 Å². The van der Waals surface area contributed by atoms with Crippen molar-refractivity contribution >= 4 is 11.8 Å². The first-order chi connectivity index (χ1) is 11.5. The summed E-state index contributed by atoms with van der Waals surface area (Å²) in [7, 11) is 0. The van der Waals surface area contributed by atoms with Gasteiger partial charge in [0.1, 0.15) is 0 Å². The maximum atomic E-state index is 12.7. The van der Waals surface area contributed by atoms with Crippen LogP contribution in [0.5, 0.6) is 0 Å². The summed E-state index contributed by atoms with van der Waals surface area (Å²) in [5, 5.41) is 3.20. The van der Waals surface area contributed by atoms with Crippen molar-refractivity contribution in [3.8, 4) is 0 Å². The molecule has 0 spiro atoms. The van der Waals surface area contributed by atoms with Crippen LogP contribution in [-0.2, 0) is 9.59 Å². The van der Waals surface area contributed by atoms with Crippen LogP contribution in [0, 0.1) is 0 Å². The highest BCUT2D eigenvalue weighted by molar-refractivity contribution is 5.81. The highest BCUT2D eigenvalue weighted by Crippen LogP contribution is 2.19. The van der Waals surface area contributed by atoms with Gasteiger partial charge in [0.15, 0.2) is 0 Å². The molecular weight excluding hydrogens is 302 g/mol. The molecule has 132 valence electrons. The minimum absolute atomic E-state index is 0.0599. The maximum absolute atomic E-state index is 12.7. The quantitative estimate of drug-likeness (QED) is 0.869. The lowest BCUT2D eigenvalue weighted by Crippen LogP contribution is -2.54. The van der Waals surface area contributed by atoms with Crippen molar-refractivity contribution in [1.82, 2.24) is 15.1 Å². The first-order valence-electron chi connectivity index (χ1n) is 8.87. The molecule has 1 aliphatic rings. The number of piperazine rings is 1. The lowest BCUT2D eigenvalue weighted by Gasteiger charge is -2.37. The first kappa shape index (κ1) is 18.5. The molecule has 5 nitrogen and oxygen atoms in total. The Balaban J connectivity index is 1.93. The monoisotopic (exact) mass is 331 g/mol. The Bertz CT molecular complexity index is 539. The third-order valence-corrected chi connectivity index (χ3v) is 4.78. The molecular formula is C19H29N3O2. The molecule has 0 radical (unpaired) electrons. The van der Waals surface area contributed by atoms with Crippen molar-refractivity contribution in [3.63, 3.8) is 0 Å². The lowest BCUT2D eigenvalue weighted by atomic mass is 10.0. The van der Waals surface area contributed by atoms with E-state index in [-0.39, 0.29) is 23.9 Å². The van der Waals surface area contributed by atoms with Gasteiger partial charge in [-0.3, -0.25) is 14.5 Å². The minimum Gasteiger partial charge on any atom is -0.348 e. The van der Waals surface area contributed by atoms with Gasteiger partial charge in [-0.05, 0) is 18.9 Å². The van der Waals surface area contributed by atoms with Crippen LogP contribution < -0.4 is 5.32 Å². The molecule has 1 saturated heterocycles. The fourth-order valence-electron chi connectivity index (χ4n) is 3.18. The number of nitrogens with zero attached hydrogens (tertiary/aromatic N) is 2. The van der Waals surface area contributed by atoms with Gasteiger partial charge in [-0.25, -0.2) is 0 Å². The molecule has 1 aromatic carbocycles. The van der Waals surface area contributed by atoms with Crippen LogP contribution in [0.1, 0.15) is 45.2 Å². The van der Waals surface area contributed by atoms with E-state index in [2.05, 4.69) is 29.3 Å². The van der Waals surface area contributed by atoms with Crippen LogP contribution in [-0.4, -0.2) is 53.8 Å². The van der Waals surface area contributed by atoms with Crippen molar-refractivity contribution in [2.45, 2.75) is 45.7 Å². The normalized spacial score (nSPS) is 18.0. The van der Waals surface area contributed by atoms with Crippen LogP contribution >= 0.6 is 0 Å². The van der Waals surface area contributed by atoms with Crippen LogP contribution in [0.3, 0.4) is 0 Å². The molecule has 0 aromatic heterocycles. The zero-order valence-corrected chi connectivity index (χ0v) is 15.0. The van der Waals surface area contributed by atoms with E-state index >= 15 is 0 Å². The number of carbonyl (C=O) groups excluding carboxylic acids is 2. The number of carbonyl (C=O) groups is 2. The zero-order valence-electron chi connectivity index (χ0n) is 15.0. The van der Waals surface area contributed by atoms with Crippen LogP contribution in [0.15, 0.2) is 30.3 Å². The molecule has 24 heavy (non-hydrogen) atoms. The van der Waals surface area contributed by atoms with Gasteiger partial charge in [0.25, 0.3) is 0 Å². The SMILES string of the molecule is CCC[C@H](NC(=O)[C@H](C)N1CCN(C(C)=O)CC1)c1ccccc1. The predicted molar refractivity (Wildman–Crippen MR) is 95.5 cm³/mol. The molecule has 0 aliphatic carbocycles. The second-order valence-corrected chi connectivity index (χ2v) is 6.48. The van der Waals surface area contributed by atoms with E-state index in [1.807, 2.05) is 30.0 Å². The Kier molecular flexibility index (Phi) is 6.79. The Morgan fingerprint density at radius 1 is 1.12 bits per heavy atom. The molecule has 2 amide bonds. The lowest BCUT2D eigenvalue weighted by molar-refractivity contribution is -0.132. The first-order valence-corrected chi connectivity index (χ1v) is 8.87. The summed E-state index contributed by atoms with van der Waals surface area (Å²) in [5.74, 6) is 0.174. The molecule has 1 aliphatic heterocycles. The summed E-state index contributed by atoms with van der Waals surface area (Å²) < 4.78 is 0. The molecule has 1 N–H and O–H groups in total. The number of hydrogen-bond acceptors (Lipinski definition) is 3. The predicted octanol–water partition coefficient (Wildman–Crippen LogP) is 2.20. The molecule has 0 unspecified atom stereocenters. The van der Waals surface area contributed by atoms with E-state index in [1.165, 1.54) is 0 Å². The fourth-order valence-corrected chi connectivity index (χ4v) is 3.18. The molecule has 1 aromatic rings. The van der Waals surface area contributed by atoms with E-state index in [1.54, 1.807) is 6.92 Å². The highest BCUT2D eigenvalue weighted by Gasteiger charge is 2.27. The van der Waals surface area contributed by atoms with Crippen molar-refractivity contribution in [3.05, 3.63) is 35.9 Å². The standard InChI is InChI=1S/C19H29N3O2/c1-4-8-18(17-9-6-5-7-10-17)20-19(24)15(2)21-11-13-22(14-12-21)16(3)23/h5-7,9-10,15,18H,4,8,11-14H2,1-3H3,(H,20,24)/t15-,18-/m0/s1. The molecule has 1 heterocycles. The Hall–Kier alpha value is -1.88. The van der Waals surface area contributed by atoms with Crippen LogP contribution in [0.25, 0.3) is 0 Å². The summed E-state index contributed by atoms with van der Waals surface area (Å²) in [4.78, 5) is 28.1. The second kappa shape index (κ2) is 8.83. The molecule has 2 rings (SSSR count). The number of hydrogen-bond donors (Lipinski definition) is 1. The van der Waals surface area contributed by atoms with E-state index < -0.39 is 0 Å². The average Bonchev–Trinajstić information content (AvgIpc) is 2.61. The summed E-state index contributed by atoms with van der Waals surface area (Å²) in [5.41, 5.74) is 1.15. The van der Waals surface area contributed by atoms with Gasteiger partial charge in [0, 0.05) is 33.1 Å². The van der Waals surface area contributed by atoms with Gasteiger partial charge in [0.2, 0.25) is 11.8 Å². The molecule has 0 saturated carbocycles. The highest BCUT2D eigenvalue weighted by atomic mass is 16.2. The number of benzene rings is 1. The summed E-state index contributed by atoms with van der Waals surface area (Å²) in [6.45, 7) is 8.57. The Morgan fingerprint density at radius 2 is 1.75 bits per heavy atom. The van der Waals surface area contributed by atoms with Crippen molar-refractivity contribution in [1.29, 1.82) is 0 Å². The van der Waals surface area contributed by atoms with E-state index in [4.69, 9.17) is 0 Å². The summed E-state index contributed by atoms with van der Waals surface area (Å²) in [6.07, 6.45) is 1.95. The fraction of sp³-hybridized carbons (Fsp3) is 0.579. The topological polar surface area (TPSA) is 52.7 Å². The minimum atomic E-state index is -0.179. The smallest absolute Gasteiger partial charge is 0.237 e. The third-order valence-electron chi connectivity index (χ3n) is 4.78. The zero-order chi connectivity index (χ0) is 17.5. The average molecular weight is 331 g/mol. The number of rotatable bonds is 6. The largest absolute Gasteiger partial charge is 0.348 e. The van der Waals surface area contributed by atoms with Crippen LogP contribution in [0.2, 0.25) is 0 Å². The van der Waals surface area contributed by atoms with Crippen molar-refractivity contribution in [2.24, 2.45) is 0 Å². The maximum Gasteiger partial charge on any atom is 0.237 e. The van der Waals surface area contributed by atoms with E-state index in [9.17, 15) is 9.59 Å². The summed E-state index contributed by atoms with van der Waals surface area (Å²) >= 11 is 0. The third kappa shape index (κ3) is 4.81. The Morgan fingerprint density at radius 3 is 2.29 bits per heavy atom. The van der Waals surface area contributed by atoms with Gasteiger partial charge < -0.3 is 10.2 Å². The van der Waals surface area contributed by atoms with Gasteiger partial charge >= 0.3 is 0 Å². The van der Waals surface area contributed by atoms with Crippen LogP contribution in [0.4, 0.5) is 0 Å². The molecule has 1 fully saturated rings. The number of nitrogens with one attached hydrogen (secondary N) is 1. The molecule has 5 heteroatoms. The molecule has 2 atom stereocenters. The summed E-state index contributed by atoms with van der Waals surface area (Å²) in [6, 6.07) is 10.0. The van der Waals surface area contributed by atoms with E-state index in [0.29, 0.717) is 13.1 Å².